The molecule has 1 aliphatic heterocycles. The van der Waals surface area contributed by atoms with Crippen molar-refractivity contribution in [2.24, 2.45) is 0 Å². The summed E-state index contributed by atoms with van der Waals surface area (Å²) in [5.74, 6) is -1.53. The Balaban J connectivity index is 2.80. The van der Waals surface area contributed by atoms with E-state index < -0.39 is 42.5 Å². The predicted molar refractivity (Wildman–Crippen MR) is 86.5 cm³/mol. The van der Waals surface area contributed by atoms with Gasteiger partial charge in [0.2, 0.25) is 0 Å². The fraction of sp³-hybridized carbons (Fsp3) is 0.824. The van der Waals surface area contributed by atoms with Crippen molar-refractivity contribution in [3.8, 4) is 0 Å². The zero-order valence-electron chi connectivity index (χ0n) is 15.3. The van der Waals surface area contributed by atoms with E-state index in [1.807, 2.05) is 0 Å². The molecule has 25 heavy (non-hydrogen) atoms. The van der Waals surface area contributed by atoms with Crippen LogP contribution in [-0.4, -0.2) is 55.7 Å². The molecule has 4 atom stereocenters. The summed E-state index contributed by atoms with van der Waals surface area (Å²) in [6, 6.07) is 0. The van der Waals surface area contributed by atoms with E-state index >= 15 is 0 Å². The van der Waals surface area contributed by atoms with Crippen molar-refractivity contribution < 1.29 is 38.1 Å². The topological polar surface area (TPSA) is 97.4 Å². The summed E-state index contributed by atoms with van der Waals surface area (Å²) in [5.41, 5.74) is 0. The first kappa shape index (κ1) is 21.4. The SMILES string of the molecule is CCCCCO[C@H]1C[C@@H](OC(C)=O)[C@@H](OC(C)=O)[C@@H](COC(C)=O)O1. The van der Waals surface area contributed by atoms with Gasteiger partial charge in [-0.25, -0.2) is 0 Å². The molecule has 0 saturated carbocycles. The van der Waals surface area contributed by atoms with Crippen molar-refractivity contribution >= 4 is 17.9 Å². The molecular formula is C17H28O8. The highest BCUT2D eigenvalue weighted by atomic mass is 16.7. The van der Waals surface area contributed by atoms with E-state index in [0.717, 1.165) is 19.3 Å². The van der Waals surface area contributed by atoms with Crippen LogP contribution >= 0.6 is 0 Å². The van der Waals surface area contributed by atoms with Crippen LogP contribution in [0, 0.1) is 0 Å². The van der Waals surface area contributed by atoms with Gasteiger partial charge in [0.15, 0.2) is 12.4 Å². The van der Waals surface area contributed by atoms with Gasteiger partial charge in [0.1, 0.15) is 18.8 Å². The number of unbranched alkanes of at least 4 members (excludes halogenated alkanes) is 2. The molecule has 144 valence electrons. The number of carbonyl (C=O) groups is 3. The molecule has 1 heterocycles. The van der Waals surface area contributed by atoms with Crippen molar-refractivity contribution in [1.82, 2.24) is 0 Å². The molecule has 0 amide bonds. The van der Waals surface area contributed by atoms with Crippen molar-refractivity contribution in [3.05, 3.63) is 0 Å². The number of hydrogen-bond acceptors (Lipinski definition) is 8. The quantitative estimate of drug-likeness (QED) is 0.348. The summed E-state index contributed by atoms with van der Waals surface area (Å²) < 4.78 is 27.0. The molecular weight excluding hydrogens is 332 g/mol. The van der Waals surface area contributed by atoms with Crippen LogP contribution in [-0.2, 0) is 38.1 Å². The average molecular weight is 360 g/mol. The maximum absolute atomic E-state index is 11.4. The normalized spacial score (nSPS) is 25.9. The van der Waals surface area contributed by atoms with E-state index in [1.54, 1.807) is 0 Å². The monoisotopic (exact) mass is 360 g/mol. The van der Waals surface area contributed by atoms with Gasteiger partial charge in [-0.1, -0.05) is 19.8 Å². The van der Waals surface area contributed by atoms with E-state index in [0.29, 0.717) is 6.61 Å². The minimum absolute atomic E-state index is 0.125. The van der Waals surface area contributed by atoms with Crippen molar-refractivity contribution in [3.63, 3.8) is 0 Å². The third-order valence-corrected chi connectivity index (χ3v) is 3.61. The lowest BCUT2D eigenvalue weighted by atomic mass is 10.0. The van der Waals surface area contributed by atoms with Gasteiger partial charge in [-0.2, -0.15) is 0 Å². The van der Waals surface area contributed by atoms with Gasteiger partial charge in [0, 0.05) is 33.8 Å². The summed E-state index contributed by atoms with van der Waals surface area (Å²) in [5, 5.41) is 0. The molecule has 0 spiro atoms. The van der Waals surface area contributed by atoms with Gasteiger partial charge in [-0.05, 0) is 6.42 Å². The molecule has 0 aromatic rings. The lowest BCUT2D eigenvalue weighted by Crippen LogP contribution is -2.54. The highest BCUT2D eigenvalue weighted by molar-refractivity contribution is 5.67. The summed E-state index contributed by atoms with van der Waals surface area (Å²) in [6.45, 7) is 6.27. The van der Waals surface area contributed by atoms with Crippen LogP contribution < -0.4 is 0 Å². The van der Waals surface area contributed by atoms with Gasteiger partial charge in [0.25, 0.3) is 0 Å². The summed E-state index contributed by atoms with van der Waals surface area (Å²) >= 11 is 0. The molecule has 0 aromatic carbocycles. The first-order chi connectivity index (χ1) is 11.8. The van der Waals surface area contributed by atoms with E-state index in [9.17, 15) is 14.4 Å². The van der Waals surface area contributed by atoms with Crippen LogP contribution in [0.3, 0.4) is 0 Å². The Bertz CT molecular complexity index is 450. The lowest BCUT2D eigenvalue weighted by molar-refractivity contribution is -0.266. The minimum Gasteiger partial charge on any atom is -0.463 e. The first-order valence-corrected chi connectivity index (χ1v) is 8.58. The Labute approximate surface area is 148 Å². The number of ether oxygens (including phenoxy) is 5. The third-order valence-electron chi connectivity index (χ3n) is 3.61. The van der Waals surface area contributed by atoms with Gasteiger partial charge < -0.3 is 23.7 Å². The molecule has 1 fully saturated rings. The van der Waals surface area contributed by atoms with E-state index in [1.165, 1.54) is 20.8 Å². The van der Waals surface area contributed by atoms with Gasteiger partial charge >= 0.3 is 17.9 Å². The molecule has 8 heteroatoms. The second-order valence-corrected chi connectivity index (χ2v) is 5.94. The average Bonchev–Trinajstić information content (AvgIpc) is 2.51. The van der Waals surface area contributed by atoms with Crippen molar-refractivity contribution in [1.29, 1.82) is 0 Å². The second kappa shape index (κ2) is 11.0. The van der Waals surface area contributed by atoms with E-state index in [2.05, 4.69) is 6.92 Å². The lowest BCUT2D eigenvalue weighted by Gasteiger charge is -2.39. The van der Waals surface area contributed by atoms with Crippen LogP contribution in [0.25, 0.3) is 0 Å². The largest absolute Gasteiger partial charge is 0.463 e. The smallest absolute Gasteiger partial charge is 0.303 e. The number of hydrogen-bond donors (Lipinski definition) is 0. The molecule has 0 radical (unpaired) electrons. The fourth-order valence-corrected chi connectivity index (χ4v) is 2.57. The summed E-state index contributed by atoms with van der Waals surface area (Å²) in [4.78, 5) is 33.9. The fourth-order valence-electron chi connectivity index (χ4n) is 2.57. The highest BCUT2D eigenvalue weighted by Crippen LogP contribution is 2.27. The van der Waals surface area contributed by atoms with Crippen LogP contribution in [0.4, 0.5) is 0 Å². The predicted octanol–water partition coefficient (Wildman–Crippen LogP) is 1.73. The molecule has 0 bridgehead atoms. The zero-order valence-corrected chi connectivity index (χ0v) is 15.3. The van der Waals surface area contributed by atoms with Crippen molar-refractivity contribution in [2.45, 2.75) is 78.0 Å². The zero-order chi connectivity index (χ0) is 18.8. The van der Waals surface area contributed by atoms with Crippen LogP contribution in [0.1, 0.15) is 53.4 Å². The van der Waals surface area contributed by atoms with Crippen LogP contribution in [0.15, 0.2) is 0 Å². The van der Waals surface area contributed by atoms with E-state index in [-0.39, 0.29) is 13.0 Å². The number of rotatable bonds is 9. The van der Waals surface area contributed by atoms with Crippen LogP contribution in [0.2, 0.25) is 0 Å². The van der Waals surface area contributed by atoms with Gasteiger partial charge in [-0.3, -0.25) is 14.4 Å². The Kier molecular flexibility index (Phi) is 9.44. The first-order valence-electron chi connectivity index (χ1n) is 8.58. The molecule has 0 aliphatic carbocycles. The third kappa shape index (κ3) is 8.31. The summed E-state index contributed by atoms with van der Waals surface area (Å²) in [6.07, 6.45) is 0.220. The number of carbonyl (C=O) groups excluding carboxylic acids is 3. The standard InChI is InChI=1S/C17H28O8/c1-5-6-7-8-21-16-9-14(23-12(3)19)17(24-13(4)20)15(25-16)10-22-11(2)18/h14-17H,5-10H2,1-4H3/t14-,15-,16-,17-/m1/s1. The highest BCUT2D eigenvalue weighted by Gasteiger charge is 2.44. The van der Waals surface area contributed by atoms with Crippen molar-refractivity contribution in [2.75, 3.05) is 13.2 Å². The Morgan fingerprint density at radius 3 is 2.24 bits per heavy atom. The Hall–Kier alpha value is -1.67. The van der Waals surface area contributed by atoms with Gasteiger partial charge in [-0.15, -0.1) is 0 Å². The van der Waals surface area contributed by atoms with E-state index in [4.69, 9.17) is 23.7 Å². The second-order valence-electron chi connectivity index (χ2n) is 5.94. The number of esters is 3. The Morgan fingerprint density at radius 1 is 1.00 bits per heavy atom. The molecule has 8 nitrogen and oxygen atoms in total. The maximum atomic E-state index is 11.4. The minimum atomic E-state index is -0.865. The Morgan fingerprint density at radius 2 is 1.68 bits per heavy atom. The van der Waals surface area contributed by atoms with Crippen LogP contribution in [0.5, 0.6) is 0 Å². The molecule has 0 N–H and O–H groups in total. The molecule has 0 unspecified atom stereocenters. The molecule has 0 aromatic heterocycles. The molecule has 1 rings (SSSR count). The molecule has 1 aliphatic rings. The summed E-state index contributed by atoms with van der Waals surface area (Å²) in [7, 11) is 0. The van der Waals surface area contributed by atoms with Gasteiger partial charge in [0.05, 0.1) is 0 Å². The molecule has 1 saturated heterocycles. The maximum Gasteiger partial charge on any atom is 0.303 e.